The Hall–Kier alpha value is -2.81. The topological polar surface area (TPSA) is 72.5 Å². The van der Waals surface area contributed by atoms with Crippen molar-refractivity contribution >= 4 is 29.4 Å². The number of rotatable bonds is 9. The maximum absolute atomic E-state index is 12.4. The predicted molar refractivity (Wildman–Crippen MR) is 107 cm³/mol. The zero-order chi connectivity index (χ0) is 22.1. The normalized spacial score (nSPS) is 12.1. The monoisotopic (exact) mass is 439 g/mol. The Morgan fingerprint density at radius 3 is 2.20 bits per heavy atom. The number of halogens is 3. The molecule has 30 heavy (non-hydrogen) atoms. The molecule has 0 aliphatic heterocycles. The van der Waals surface area contributed by atoms with Gasteiger partial charge in [-0.1, -0.05) is 42.5 Å². The van der Waals surface area contributed by atoms with Crippen LogP contribution >= 0.6 is 11.8 Å². The Morgan fingerprint density at radius 2 is 1.63 bits per heavy atom. The zero-order valence-electron chi connectivity index (χ0n) is 16.1. The van der Waals surface area contributed by atoms with Gasteiger partial charge in [0, 0.05) is 17.5 Å². The standard InChI is InChI=1S/C21H20F3NO4S/c1-2-29-20(28)17(25-19(27)16-6-4-3-5-7-16)12-14-8-10-15(11-9-14)18(26)13-30-21(22,23)24/h3-11,17H,2,12-13H2,1H3,(H,25,27)/t17-/m0/s1. The number of nitrogens with one attached hydrogen (secondary N) is 1. The average molecular weight is 439 g/mol. The lowest BCUT2D eigenvalue weighted by molar-refractivity contribution is -0.145. The van der Waals surface area contributed by atoms with Gasteiger partial charge in [-0.15, -0.1) is 0 Å². The van der Waals surface area contributed by atoms with Crippen LogP contribution in [0.1, 0.15) is 33.2 Å². The summed E-state index contributed by atoms with van der Waals surface area (Å²) < 4.78 is 41.7. The van der Waals surface area contributed by atoms with Crippen LogP contribution < -0.4 is 5.32 Å². The Balaban J connectivity index is 2.07. The fourth-order valence-corrected chi connectivity index (χ4v) is 3.02. The Labute approximate surface area is 176 Å². The number of amides is 1. The molecule has 9 heteroatoms. The molecule has 2 aromatic rings. The summed E-state index contributed by atoms with van der Waals surface area (Å²) in [5, 5.41) is 2.63. The maximum Gasteiger partial charge on any atom is 0.442 e. The molecule has 0 aliphatic carbocycles. The largest absolute Gasteiger partial charge is 0.464 e. The van der Waals surface area contributed by atoms with Crippen molar-refractivity contribution < 1.29 is 32.3 Å². The van der Waals surface area contributed by atoms with Crippen LogP contribution in [0.5, 0.6) is 0 Å². The van der Waals surface area contributed by atoms with E-state index in [1.807, 2.05) is 0 Å². The summed E-state index contributed by atoms with van der Waals surface area (Å²) >= 11 is -0.393. The number of hydrogen-bond acceptors (Lipinski definition) is 5. The molecule has 2 rings (SSSR count). The first-order chi connectivity index (χ1) is 14.2. The van der Waals surface area contributed by atoms with Crippen molar-refractivity contribution in [1.29, 1.82) is 0 Å². The smallest absolute Gasteiger partial charge is 0.442 e. The first kappa shape index (κ1) is 23.5. The molecule has 1 amide bonds. The number of benzene rings is 2. The van der Waals surface area contributed by atoms with Crippen LogP contribution in [0.4, 0.5) is 13.2 Å². The summed E-state index contributed by atoms with van der Waals surface area (Å²) in [4.78, 5) is 36.5. The predicted octanol–water partition coefficient (Wildman–Crippen LogP) is 4.03. The van der Waals surface area contributed by atoms with Gasteiger partial charge in [0.15, 0.2) is 5.78 Å². The van der Waals surface area contributed by atoms with Crippen LogP contribution in [-0.4, -0.2) is 41.6 Å². The third-order valence-corrected chi connectivity index (χ3v) is 4.73. The quantitative estimate of drug-likeness (QED) is 0.472. The van der Waals surface area contributed by atoms with Crippen molar-refractivity contribution in [2.75, 3.05) is 12.4 Å². The van der Waals surface area contributed by atoms with E-state index in [0.29, 0.717) is 11.1 Å². The van der Waals surface area contributed by atoms with Crippen LogP contribution in [0, 0.1) is 0 Å². The molecule has 0 unspecified atom stereocenters. The van der Waals surface area contributed by atoms with Gasteiger partial charge in [-0.25, -0.2) is 4.79 Å². The van der Waals surface area contributed by atoms with Crippen molar-refractivity contribution in [1.82, 2.24) is 5.32 Å². The third kappa shape index (κ3) is 7.55. The molecule has 0 radical (unpaired) electrons. The number of Topliss-reactive ketones (excluding diaryl/α,β-unsaturated/α-hetero) is 1. The molecule has 0 spiro atoms. The highest BCUT2D eigenvalue weighted by molar-refractivity contribution is 8.00. The summed E-state index contributed by atoms with van der Waals surface area (Å²) in [6.07, 6.45) is 0.100. The van der Waals surface area contributed by atoms with E-state index in [9.17, 15) is 27.6 Å². The van der Waals surface area contributed by atoms with Crippen LogP contribution in [0.2, 0.25) is 0 Å². The number of carbonyl (C=O) groups excluding carboxylic acids is 3. The number of hydrogen-bond donors (Lipinski definition) is 1. The van der Waals surface area contributed by atoms with Gasteiger partial charge in [0.05, 0.1) is 12.4 Å². The Morgan fingerprint density at radius 1 is 1.00 bits per heavy atom. The van der Waals surface area contributed by atoms with Crippen molar-refractivity contribution in [2.24, 2.45) is 0 Å². The molecule has 0 aliphatic rings. The number of thioether (sulfide) groups is 1. The van der Waals surface area contributed by atoms with E-state index >= 15 is 0 Å². The van der Waals surface area contributed by atoms with Crippen LogP contribution in [-0.2, 0) is 16.0 Å². The van der Waals surface area contributed by atoms with Crippen molar-refractivity contribution in [2.45, 2.75) is 24.9 Å². The van der Waals surface area contributed by atoms with Crippen LogP contribution in [0.25, 0.3) is 0 Å². The number of esters is 1. The lowest BCUT2D eigenvalue weighted by Crippen LogP contribution is -2.43. The lowest BCUT2D eigenvalue weighted by atomic mass is 10.0. The molecule has 0 fully saturated rings. The molecule has 0 heterocycles. The molecule has 1 atom stereocenters. The fourth-order valence-electron chi connectivity index (χ4n) is 2.56. The number of ether oxygens (including phenoxy) is 1. The summed E-state index contributed by atoms with van der Waals surface area (Å²) in [5.74, 6) is -2.40. The number of alkyl halides is 3. The molecule has 2 aromatic carbocycles. The molecule has 0 saturated heterocycles. The first-order valence-corrected chi connectivity index (χ1v) is 10.0. The molecule has 160 valence electrons. The summed E-state index contributed by atoms with van der Waals surface area (Å²) in [6, 6.07) is 13.3. The van der Waals surface area contributed by atoms with E-state index in [-0.39, 0.29) is 18.6 Å². The van der Waals surface area contributed by atoms with Gasteiger partial charge in [0.2, 0.25) is 0 Å². The van der Waals surface area contributed by atoms with Crippen LogP contribution in [0.3, 0.4) is 0 Å². The number of ketones is 1. The minimum absolute atomic E-state index is 0.100. The van der Waals surface area contributed by atoms with Gasteiger partial charge >= 0.3 is 11.5 Å². The molecule has 0 aromatic heterocycles. The zero-order valence-corrected chi connectivity index (χ0v) is 16.9. The Bertz CT molecular complexity index is 870. The third-order valence-electron chi connectivity index (χ3n) is 4.00. The molecular formula is C21H20F3NO4S. The van der Waals surface area contributed by atoms with Gasteiger partial charge < -0.3 is 10.1 Å². The molecule has 1 N–H and O–H groups in total. The van der Waals surface area contributed by atoms with Gasteiger partial charge in [0.25, 0.3) is 5.91 Å². The second-order valence-electron chi connectivity index (χ2n) is 6.20. The summed E-state index contributed by atoms with van der Waals surface area (Å²) in [7, 11) is 0. The Kier molecular flexibility index (Phi) is 8.46. The van der Waals surface area contributed by atoms with E-state index in [1.54, 1.807) is 37.3 Å². The van der Waals surface area contributed by atoms with Gasteiger partial charge in [-0.3, -0.25) is 9.59 Å². The summed E-state index contributed by atoms with van der Waals surface area (Å²) in [6.45, 7) is 1.79. The minimum Gasteiger partial charge on any atom is -0.464 e. The molecule has 0 saturated carbocycles. The van der Waals surface area contributed by atoms with Crippen LogP contribution in [0.15, 0.2) is 54.6 Å². The van der Waals surface area contributed by atoms with Gasteiger partial charge in [0.1, 0.15) is 6.04 Å². The summed E-state index contributed by atoms with van der Waals surface area (Å²) in [5.41, 5.74) is -3.34. The molecular weight excluding hydrogens is 419 g/mol. The van der Waals surface area contributed by atoms with Crippen molar-refractivity contribution in [3.63, 3.8) is 0 Å². The number of carbonyl (C=O) groups is 3. The maximum atomic E-state index is 12.4. The van der Waals surface area contributed by atoms with E-state index < -0.39 is 46.7 Å². The fraction of sp³-hybridized carbons (Fsp3) is 0.286. The lowest BCUT2D eigenvalue weighted by Gasteiger charge is -2.17. The van der Waals surface area contributed by atoms with E-state index in [1.165, 1.54) is 24.3 Å². The molecule has 0 bridgehead atoms. The van der Waals surface area contributed by atoms with E-state index in [0.717, 1.165) is 0 Å². The van der Waals surface area contributed by atoms with Crippen molar-refractivity contribution in [3.8, 4) is 0 Å². The van der Waals surface area contributed by atoms with Crippen molar-refractivity contribution in [3.05, 3.63) is 71.3 Å². The highest BCUT2D eigenvalue weighted by Crippen LogP contribution is 2.30. The highest BCUT2D eigenvalue weighted by Gasteiger charge is 2.29. The minimum atomic E-state index is -4.47. The first-order valence-electron chi connectivity index (χ1n) is 9.05. The highest BCUT2D eigenvalue weighted by atomic mass is 32.2. The SMILES string of the molecule is CCOC(=O)[C@H](Cc1ccc(C(=O)CSC(F)(F)F)cc1)NC(=O)c1ccccc1. The van der Waals surface area contributed by atoms with E-state index in [4.69, 9.17) is 4.74 Å². The molecule has 5 nitrogen and oxygen atoms in total. The van der Waals surface area contributed by atoms with Gasteiger partial charge in [-0.05, 0) is 36.4 Å². The second-order valence-corrected chi connectivity index (χ2v) is 7.24. The van der Waals surface area contributed by atoms with E-state index in [2.05, 4.69) is 5.32 Å². The average Bonchev–Trinajstić information content (AvgIpc) is 2.72. The second kappa shape index (κ2) is 10.8. The van der Waals surface area contributed by atoms with Gasteiger partial charge in [-0.2, -0.15) is 13.2 Å².